The minimum absolute atomic E-state index is 0.135. The van der Waals surface area contributed by atoms with Crippen molar-refractivity contribution < 1.29 is 33.0 Å². The van der Waals surface area contributed by atoms with Crippen molar-refractivity contribution >= 4 is 39.4 Å². The summed E-state index contributed by atoms with van der Waals surface area (Å²) in [4.78, 5) is 49.5. The molecule has 0 heterocycles. The number of Topliss-reactive ketones (excluding diaryl/α,β-unsaturated/α-hetero) is 1. The maximum absolute atomic E-state index is 15.6. The van der Waals surface area contributed by atoms with Gasteiger partial charge in [0.1, 0.15) is 6.17 Å². The van der Waals surface area contributed by atoms with Crippen LogP contribution < -0.4 is 0 Å². The van der Waals surface area contributed by atoms with Crippen LogP contribution in [0.15, 0.2) is 33.9 Å². The summed E-state index contributed by atoms with van der Waals surface area (Å²) in [6, 6.07) is 0. The molecule has 0 radical (unpaired) electrons. The van der Waals surface area contributed by atoms with Gasteiger partial charge in [-0.25, -0.2) is 4.39 Å². The molecule has 0 aromatic heterocycles. The Labute approximate surface area is 207 Å². The monoisotopic (exact) mass is 536 g/mol. The molecule has 0 N–H and O–H groups in total. The molecule has 7 atom stereocenters. The summed E-state index contributed by atoms with van der Waals surface area (Å²) < 4.78 is 26.9. The van der Waals surface area contributed by atoms with Crippen molar-refractivity contribution in [3.05, 3.63) is 33.9 Å². The second-order valence-corrected chi connectivity index (χ2v) is 11.4. The van der Waals surface area contributed by atoms with Gasteiger partial charge in [-0.15, -0.1) is 0 Å². The van der Waals surface area contributed by atoms with Gasteiger partial charge in [-0.05, 0) is 65.6 Å². The molecule has 0 unspecified atom stereocenters. The minimum Gasteiger partial charge on any atom is -0.458 e. The second-order valence-electron chi connectivity index (χ2n) is 10.5. The molecule has 184 valence electrons. The van der Waals surface area contributed by atoms with Crippen LogP contribution >= 0.6 is 15.9 Å². The number of allylic oxidation sites excluding steroid dienone is 6. The fourth-order valence-corrected chi connectivity index (χ4v) is 7.86. The van der Waals surface area contributed by atoms with Crippen molar-refractivity contribution in [2.24, 2.45) is 28.6 Å². The highest BCUT2D eigenvalue weighted by Gasteiger charge is 2.70. The minimum atomic E-state index is -1.48. The number of halogens is 2. The molecule has 0 aromatic rings. The Morgan fingerprint density at radius 3 is 2.44 bits per heavy atom. The van der Waals surface area contributed by atoms with Gasteiger partial charge in [0.25, 0.3) is 0 Å². The third kappa shape index (κ3) is 3.39. The first-order valence-corrected chi connectivity index (χ1v) is 12.4. The van der Waals surface area contributed by atoms with E-state index in [-0.39, 0.29) is 30.0 Å². The van der Waals surface area contributed by atoms with Crippen LogP contribution in [-0.2, 0) is 28.7 Å². The van der Waals surface area contributed by atoms with Gasteiger partial charge >= 0.3 is 11.9 Å². The zero-order valence-electron chi connectivity index (χ0n) is 20.1. The molecule has 0 aliphatic heterocycles. The average Bonchev–Trinajstić information content (AvgIpc) is 2.96. The molecule has 4 aliphatic rings. The number of carbonyl (C=O) groups excluding carboxylic acids is 4. The molecule has 0 spiro atoms. The number of ketones is 2. The van der Waals surface area contributed by atoms with E-state index in [0.29, 0.717) is 22.9 Å². The standard InChI is InChI=1S/C26H30BrFO6/c1-13-8-18-16-9-21(28)19-10-22(31)20(27)11-24(19,4)17(16)6-7-25(18,5)26(13,34-15(3)30)23(32)12-33-14(2)29/h6,10-11,13,16,18,21H,7-9,12H2,1-5H3/t13-,16-,18+,21-,24-,25+,26-/m1/s1. The van der Waals surface area contributed by atoms with Crippen molar-refractivity contribution in [1.82, 2.24) is 0 Å². The highest BCUT2D eigenvalue weighted by Crippen LogP contribution is 2.67. The highest BCUT2D eigenvalue weighted by molar-refractivity contribution is 9.12. The zero-order chi connectivity index (χ0) is 25.2. The van der Waals surface area contributed by atoms with E-state index >= 15 is 4.39 Å². The van der Waals surface area contributed by atoms with E-state index in [0.717, 1.165) is 5.57 Å². The lowest BCUT2D eigenvalue weighted by atomic mass is 9.51. The number of rotatable bonds is 4. The topological polar surface area (TPSA) is 86.7 Å². The number of alkyl halides is 1. The molecule has 0 aromatic carbocycles. The molecule has 6 nitrogen and oxygen atoms in total. The van der Waals surface area contributed by atoms with E-state index in [9.17, 15) is 19.2 Å². The van der Waals surface area contributed by atoms with Gasteiger partial charge in [0.05, 0.1) is 4.48 Å². The van der Waals surface area contributed by atoms with Crippen LogP contribution in [0.5, 0.6) is 0 Å². The van der Waals surface area contributed by atoms with Gasteiger partial charge in [0.15, 0.2) is 18.0 Å². The van der Waals surface area contributed by atoms with E-state index in [1.54, 1.807) is 6.08 Å². The molecule has 0 bridgehead atoms. The van der Waals surface area contributed by atoms with E-state index < -0.39 is 46.9 Å². The van der Waals surface area contributed by atoms with Crippen LogP contribution in [0.3, 0.4) is 0 Å². The van der Waals surface area contributed by atoms with Crippen molar-refractivity contribution in [3.63, 3.8) is 0 Å². The third-order valence-electron chi connectivity index (χ3n) is 8.66. The molecule has 34 heavy (non-hydrogen) atoms. The Bertz CT molecular complexity index is 1080. The number of hydrogen-bond donors (Lipinski definition) is 0. The van der Waals surface area contributed by atoms with E-state index in [2.05, 4.69) is 15.9 Å². The Balaban J connectivity index is 1.82. The predicted molar refractivity (Wildman–Crippen MR) is 125 cm³/mol. The van der Waals surface area contributed by atoms with E-state index in [1.807, 2.05) is 26.8 Å². The Hall–Kier alpha value is -2.09. The molecular weight excluding hydrogens is 507 g/mol. The lowest BCUT2D eigenvalue weighted by molar-refractivity contribution is -0.190. The Morgan fingerprint density at radius 2 is 1.82 bits per heavy atom. The summed E-state index contributed by atoms with van der Waals surface area (Å²) in [5.74, 6) is -2.53. The lowest BCUT2D eigenvalue weighted by Gasteiger charge is -2.54. The van der Waals surface area contributed by atoms with Crippen molar-refractivity contribution in [2.45, 2.75) is 65.7 Å². The SMILES string of the molecule is CC(=O)OCC(=O)[C@]1(OC(C)=O)[C@H](C)C[C@H]2[C@@H]3C[C@@H](F)C4=CC(=O)C(Br)=C[C@]4(C)C3=CC[C@@]21C. The van der Waals surface area contributed by atoms with Crippen LogP contribution in [0.1, 0.15) is 53.9 Å². The number of hydrogen-bond acceptors (Lipinski definition) is 6. The number of esters is 2. The maximum Gasteiger partial charge on any atom is 0.303 e. The number of ether oxygens (including phenoxy) is 2. The Kier molecular flexibility index (Phi) is 6.07. The van der Waals surface area contributed by atoms with Gasteiger partial charge in [-0.2, -0.15) is 0 Å². The third-order valence-corrected chi connectivity index (χ3v) is 9.28. The van der Waals surface area contributed by atoms with Crippen molar-refractivity contribution in [1.29, 1.82) is 0 Å². The summed E-state index contributed by atoms with van der Waals surface area (Å²) in [7, 11) is 0. The van der Waals surface area contributed by atoms with Crippen molar-refractivity contribution in [3.8, 4) is 0 Å². The summed E-state index contributed by atoms with van der Waals surface area (Å²) >= 11 is 3.33. The molecule has 8 heteroatoms. The van der Waals surface area contributed by atoms with Crippen LogP contribution in [0.25, 0.3) is 0 Å². The van der Waals surface area contributed by atoms with E-state index in [4.69, 9.17) is 9.47 Å². The first-order chi connectivity index (χ1) is 15.8. The fourth-order valence-electron chi connectivity index (χ4n) is 7.29. The maximum atomic E-state index is 15.6. The largest absolute Gasteiger partial charge is 0.458 e. The highest BCUT2D eigenvalue weighted by atomic mass is 79.9. The van der Waals surface area contributed by atoms with Crippen molar-refractivity contribution in [2.75, 3.05) is 6.61 Å². The normalized spacial score (nSPS) is 40.7. The average molecular weight is 537 g/mol. The molecule has 0 saturated heterocycles. The smallest absolute Gasteiger partial charge is 0.303 e. The molecule has 4 rings (SSSR count). The van der Waals surface area contributed by atoms with Crippen LogP contribution in [0, 0.1) is 28.6 Å². The zero-order valence-corrected chi connectivity index (χ0v) is 21.7. The van der Waals surface area contributed by atoms with Gasteiger partial charge in [0, 0.05) is 30.6 Å². The van der Waals surface area contributed by atoms with Gasteiger partial charge in [-0.1, -0.05) is 31.6 Å². The van der Waals surface area contributed by atoms with Gasteiger partial charge < -0.3 is 9.47 Å². The lowest BCUT2D eigenvalue weighted by Crippen LogP contribution is -2.60. The fraction of sp³-hybridized carbons (Fsp3) is 0.615. The van der Waals surface area contributed by atoms with Gasteiger partial charge in [0.2, 0.25) is 5.78 Å². The first kappa shape index (κ1) is 25.0. The second kappa shape index (κ2) is 8.25. The summed E-state index contributed by atoms with van der Waals surface area (Å²) in [6.45, 7) is 7.75. The molecule has 2 fully saturated rings. The summed E-state index contributed by atoms with van der Waals surface area (Å²) in [5.41, 5.74) is -1.52. The van der Waals surface area contributed by atoms with Crippen LogP contribution in [-0.4, -0.2) is 41.9 Å². The number of fused-ring (bicyclic) bond motifs is 5. The number of carbonyl (C=O) groups is 4. The molecule has 2 saturated carbocycles. The summed E-state index contributed by atoms with van der Waals surface area (Å²) in [6.07, 6.45) is 5.14. The summed E-state index contributed by atoms with van der Waals surface area (Å²) in [5, 5.41) is 0. The molecule has 4 aliphatic carbocycles. The predicted octanol–water partition coefficient (Wildman–Crippen LogP) is 4.57. The van der Waals surface area contributed by atoms with Crippen LogP contribution in [0.4, 0.5) is 4.39 Å². The molecule has 0 amide bonds. The van der Waals surface area contributed by atoms with E-state index in [1.165, 1.54) is 19.9 Å². The molecular formula is C26H30BrFO6. The first-order valence-electron chi connectivity index (χ1n) is 11.6. The quantitative estimate of drug-likeness (QED) is 0.386. The Morgan fingerprint density at radius 1 is 1.15 bits per heavy atom. The van der Waals surface area contributed by atoms with Gasteiger partial charge in [-0.3, -0.25) is 19.2 Å². The van der Waals surface area contributed by atoms with Crippen LogP contribution in [0.2, 0.25) is 0 Å².